The van der Waals surface area contributed by atoms with Crippen LogP contribution in [0.25, 0.3) is 6.08 Å². The first-order chi connectivity index (χ1) is 10.6. The first kappa shape index (κ1) is 14.5. The average Bonchev–Trinajstić information content (AvgIpc) is 2.96. The molecule has 2 aromatic carbocycles. The first-order valence-corrected chi connectivity index (χ1v) is 7.14. The molecule has 4 nitrogen and oxygen atoms in total. The Morgan fingerprint density at radius 2 is 2.00 bits per heavy atom. The predicted molar refractivity (Wildman–Crippen MR) is 86.4 cm³/mol. The monoisotopic (exact) mass is 315 g/mol. The fourth-order valence-electron chi connectivity index (χ4n) is 2.09. The summed E-state index contributed by atoms with van der Waals surface area (Å²) in [6, 6.07) is 10.9. The molecule has 0 atom stereocenters. The minimum absolute atomic E-state index is 0.219. The predicted octanol–water partition coefficient (Wildman–Crippen LogP) is 4.03. The summed E-state index contributed by atoms with van der Waals surface area (Å²) in [5, 5.41) is 3.39. The molecule has 2 aromatic rings. The van der Waals surface area contributed by atoms with Gasteiger partial charge in [0.2, 0.25) is 12.7 Å². The third kappa shape index (κ3) is 3.23. The standard InChI is InChI=1S/C17H14ClNO3/c1-11-2-5-13(18)9-14(11)19-17(20)7-4-12-3-6-15-16(8-12)22-10-21-15/h2-9H,10H2,1H3,(H,19,20). The maximum absolute atomic E-state index is 12.0. The zero-order valence-electron chi connectivity index (χ0n) is 11.9. The Hall–Kier alpha value is -2.46. The lowest BCUT2D eigenvalue weighted by Gasteiger charge is -2.06. The van der Waals surface area contributed by atoms with Crippen molar-refractivity contribution in [3.05, 3.63) is 58.6 Å². The zero-order chi connectivity index (χ0) is 15.5. The van der Waals surface area contributed by atoms with Crippen molar-refractivity contribution in [1.29, 1.82) is 0 Å². The van der Waals surface area contributed by atoms with Gasteiger partial charge in [-0.25, -0.2) is 0 Å². The van der Waals surface area contributed by atoms with Crippen LogP contribution in [0.2, 0.25) is 5.02 Å². The fraction of sp³-hybridized carbons (Fsp3) is 0.118. The molecular formula is C17H14ClNO3. The molecule has 0 saturated carbocycles. The SMILES string of the molecule is Cc1ccc(Cl)cc1NC(=O)C=Cc1ccc2c(c1)OCO2. The number of aryl methyl sites for hydroxylation is 1. The van der Waals surface area contributed by atoms with Crippen LogP contribution in [0.15, 0.2) is 42.5 Å². The molecule has 0 fully saturated rings. The molecule has 0 unspecified atom stereocenters. The minimum atomic E-state index is -0.219. The fourth-order valence-corrected chi connectivity index (χ4v) is 2.26. The molecule has 1 aliphatic rings. The van der Waals surface area contributed by atoms with Crippen molar-refractivity contribution in [1.82, 2.24) is 0 Å². The number of hydrogen-bond acceptors (Lipinski definition) is 3. The highest BCUT2D eigenvalue weighted by Crippen LogP contribution is 2.32. The number of benzene rings is 2. The Morgan fingerprint density at radius 1 is 1.18 bits per heavy atom. The van der Waals surface area contributed by atoms with E-state index in [0.29, 0.717) is 16.5 Å². The molecule has 0 spiro atoms. The Bertz CT molecular complexity index is 756. The number of ether oxygens (including phenoxy) is 2. The molecule has 0 bridgehead atoms. The molecule has 1 N–H and O–H groups in total. The second kappa shape index (κ2) is 6.12. The number of rotatable bonds is 3. The Labute approximate surface area is 133 Å². The van der Waals surface area contributed by atoms with Crippen LogP contribution in [0.1, 0.15) is 11.1 Å². The van der Waals surface area contributed by atoms with Gasteiger partial charge in [-0.2, -0.15) is 0 Å². The van der Waals surface area contributed by atoms with E-state index in [2.05, 4.69) is 5.32 Å². The lowest BCUT2D eigenvalue weighted by atomic mass is 10.2. The van der Waals surface area contributed by atoms with Gasteiger partial charge in [-0.1, -0.05) is 23.7 Å². The van der Waals surface area contributed by atoms with Crippen LogP contribution in [0.5, 0.6) is 11.5 Å². The number of carbonyl (C=O) groups is 1. The number of anilines is 1. The average molecular weight is 316 g/mol. The highest BCUT2D eigenvalue weighted by molar-refractivity contribution is 6.31. The molecular weight excluding hydrogens is 302 g/mol. The van der Waals surface area contributed by atoms with Gasteiger partial charge in [0, 0.05) is 16.8 Å². The number of nitrogens with one attached hydrogen (secondary N) is 1. The molecule has 1 amide bonds. The summed E-state index contributed by atoms with van der Waals surface area (Å²) in [5.74, 6) is 1.19. The summed E-state index contributed by atoms with van der Waals surface area (Å²) in [4.78, 5) is 12.0. The van der Waals surface area contributed by atoms with Crippen LogP contribution in [0.3, 0.4) is 0 Å². The number of carbonyl (C=O) groups excluding carboxylic acids is 1. The van der Waals surface area contributed by atoms with Gasteiger partial charge in [0.1, 0.15) is 0 Å². The minimum Gasteiger partial charge on any atom is -0.454 e. The topological polar surface area (TPSA) is 47.6 Å². The van der Waals surface area contributed by atoms with Gasteiger partial charge >= 0.3 is 0 Å². The number of halogens is 1. The van der Waals surface area contributed by atoms with Crippen molar-refractivity contribution < 1.29 is 14.3 Å². The van der Waals surface area contributed by atoms with Gasteiger partial charge in [0.25, 0.3) is 0 Å². The Kier molecular flexibility index (Phi) is 4.02. The third-order valence-corrected chi connectivity index (χ3v) is 3.52. The molecule has 5 heteroatoms. The van der Waals surface area contributed by atoms with E-state index in [4.69, 9.17) is 21.1 Å². The van der Waals surface area contributed by atoms with E-state index in [0.717, 1.165) is 16.9 Å². The normalized spacial score (nSPS) is 12.6. The van der Waals surface area contributed by atoms with E-state index in [1.165, 1.54) is 6.08 Å². The molecule has 112 valence electrons. The molecule has 1 heterocycles. The van der Waals surface area contributed by atoms with Gasteiger partial charge in [0.15, 0.2) is 11.5 Å². The van der Waals surface area contributed by atoms with Crippen LogP contribution in [0.4, 0.5) is 5.69 Å². The number of hydrogen-bond donors (Lipinski definition) is 1. The summed E-state index contributed by atoms with van der Waals surface area (Å²) in [7, 11) is 0. The first-order valence-electron chi connectivity index (χ1n) is 6.77. The Balaban J connectivity index is 1.70. The van der Waals surface area contributed by atoms with Gasteiger partial charge in [-0.05, 0) is 48.4 Å². The van der Waals surface area contributed by atoms with E-state index >= 15 is 0 Å². The van der Waals surface area contributed by atoms with Crippen LogP contribution in [0, 0.1) is 6.92 Å². The molecule has 0 saturated heterocycles. The van der Waals surface area contributed by atoms with E-state index < -0.39 is 0 Å². The summed E-state index contributed by atoms with van der Waals surface area (Å²) in [6.45, 7) is 2.14. The molecule has 22 heavy (non-hydrogen) atoms. The smallest absolute Gasteiger partial charge is 0.248 e. The molecule has 0 aromatic heterocycles. The third-order valence-electron chi connectivity index (χ3n) is 3.28. The molecule has 0 aliphatic carbocycles. The van der Waals surface area contributed by atoms with Crippen LogP contribution < -0.4 is 14.8 Å². The van der Waals surface area contributed by atoms with Crippen molar-refractivity contribution in [2.45, 2.75) is 6.92 Å². The van der Waals surface area contributed by atoms with Crippen LogP contribution >= 0.6 is 11.6 Å². The van der Waals surface area contributed by atoms with E-state index in [1.54, 1.807) is 18.2 Å². The van der Waals surface area contributed by atoms with Crippen molar-refractivity contribution in [2.24, 2.45) is 0 Å². The second-order valence-corrected chi connectivity index (χ2v) is 5.33. The summed E-state index contributed by atoms with van der Waals surface area (Å²) in [6.07, 6.45) is 3.19. The summed E-state index contributed by atoms with van der Waals surface area (Å²) in [5.41, 5.74) is 2.52. The van der Waals surface area contributed by atoms with Gasteiger partial charge in [-0.15, -0.1) is 0 Å². The van der Waals surface area contributed by atoms with Crippen LogP contribution in [-0.2, 0) is 4.79 Å². The summed E-state index contributed by atoms with van der Waals surface area (Å²) < 4.78 is 10.5. The molecule has 1 aliphatic heterocycles. The van der Waals surface area contributed by atoms with E-state index in [1.807, 2.05) is 31.2 Å². The lowest BCUT2D eigenvalue weighted by molar-refractivity contribution is -0.111. The summed E-state index contributed by atoms with van der Waals surface area (Å²) >= 11 is 5.93. The van der Waals surface area contributed by atoms with Crippen molar-refractivity contribution >= 4 is 29.3 Å². The highest BCUT2D eigenvalue weighted by Gasteiger charge is 2.12. The van der Waals surface area contributed by atoms with Crippen molar-refractivity contribution in [3.8, 4) is 11.5 Å². The van der Waals surface area contributed by atoms with E-state index in [-0.39, 0.29) is 12.7 Å². The maximum atomic E-state index is 12.0. The largest absolute Gasteiger partial charge is 0.454 e. The van der Waals surface area contributed by atoms with E-state index in [9.17, 15) is 4.79 Å². The van der Waals surface area contributed by atoms with Crippen molar-refractivity contribution in [3.63, 3.8) is 0 Å². The molecule has 3 rings (SSSR count). The highest BCUT2D eigenvalue weighted by atomic mass is 35.5. The second-order valence-electron chi connectivity index (χ2n) is 4.89. The number of fused-ring (bicyclic) bond motifs is 1. The Morgan fingerprint density at radius 3 is 2.86 bits per heavy atom. The van der Waals surface area contributed by atoms with Gasteiger partial charge < -0.3 is 14.8 Å². The molecule has 0 radical (unpaired) electrons. The van der Waals surface area contributed by atoms with Gasteiger partial charge in [-0.3, -0.25) is 4.79 Å². The van der Waals surface area contributed by atoms with Crippen LogP contribution in [-0.4, -0.2) is 12.7 Å². The lowest BCUT2D eigenvalue weighted by Crippen LogP contribution is -2.08. The number of amides is 1. The van der Waals surface area contributed by atoms with Crippen molar-refractivity contribution in [2.75, 3.05) is 12.1 Å². The zero-order valence-corrected chi connectivity index (χ0v) is 12.7. The maximum Gasteiger partial charge on any atom is 0.248 e. The quantitative estimate of drug-likeness (QED) is 0.870. The van der Waals surface area contributed by atoms with Gasteiger partial charge in [0.05, 0.1) is 0 Å².